The summed E-state index contributed by atoms with van der Waals surface area (Å²) in [5.74, 6) is 0. The molecule has 0 bridgehead atoms. The van der Waals surface area contributed by atoms with Crippen LogP contribution in [-0.2, 0) is 4.57 Å². The van der Waals surface area contributed by atoms with Crippen molar-refractivity contribution >= 4 is 8.03 Å². The zero-order valence-electron chi connectivity index (χ0n) is 4.83. The molecule has 0 spiro atoms. The van der Waals surface area contributed by atoms with E-state index in [2.05, 4.69) is 0 Å². The van der Waals surface area contributed by atoms with Gasteiger partial charge in [-0.1, -0.05) is 4.57 Å². The summed E-state index contributed by atoms with van der Waals surface area (Å²) in [6, 6.07) is 0. The molecule has 0 saturated carbocycles. The average Bonchev–Trinajstić information content (AvgIpc) is 1.61. The molecule has 1 N–H and O–H groups in total. The molecule has 0 aliphatic carbocycles. The van der Waals surface area contributed by atoms with Crippen LogP contribution in [0.3, 0.4) is 0 Å². The van der Waals surface area contributed by atoms with Crippen molar-refractivity contribution in [1.29, 1.82) is 0 Å². The summed E-state index contributed by atoms with van der Waals surface area (Å²) in [7, 11) is -2.27. The number of aliphatic hydroxyl groups is 1. The number of hydrogen-bond donors (Lipinski definition) is 1. The van der Waals surface area contributed by atoms with Crippen molar-refractivity contribution in [2.45, 2.75) is 6.42 Å². The quantitative estimate of drug-likeness (QED) is 0.330. The molecule has 0 heterocycles. The van der Waals surface area contributed by atoms with E-state index in [0.29, 0.717) is 6.42 Å². The summed E-state index contributed by atoms with van der Waals surface area (Å²) in [6.07, 6.45) is 0.463. The van der Waals surface area contributed by atoms with Gasteiger partial charge >= 0.3 is 37.6 Å². The molecule has 0 radical (unpaired) electrons. The van der Waals surface area contributed by atoms with Crippen LogP contribution in [0, 0.1) is 0 Å². The third-order valence-corrected chi connectivity index (χ3v) is 1.18. The molecule has 1 atom stereocenters. The minimum atomic E-state index is -2.27. The topological polar surface area (TPSA) is 60.4 Å². The molecule has 1 unspecified atom stereocenters. The van der Waals surface area contributed by atoms with Crippen molar-refractivity contribution < 1.29 is 44.1 Å². The standard InChI is InChI=1S/C3H7O3P.Na/c4-2-1-3-7(5)6;/h4H,1-3H2;/q;+1. The third kappa shape index (κ3) is 10.1. The van der Waals surface area contributed by atoms with Crippen LogP contribution in [-0.4, -0.2) is 17.9 Å². The van der Waals surface area contributed by atoms with Gasteiger partial charge in [0.1, 0.15) is 6.16 Å². The van der Waals surface area contributed by atoms with Crippen LogP contribution in [0.5, 0.6) is 0 Å². The second kappa shape index (κ2) is 8.02. The van der Waals surface area contributed by atoms with Crippen LogP contribution in [0.2, 0.25) is 0 Å². The largest absolute Gasteiger partial charge is 1.00 e. The zero-order chi connectivity index (χ0) is 5.70. The van der Waals surface area contributed by atoms with E-state index in [1.165, 1.54) is 0 Å². The van der Waals surface area contributed by atoms with Gasteiger partial charge < -0.3 is 10.00 Å². The SMILES string of the molecule is O=[P+]([O-])CCCO.[Na+]. The van der Waals surface area contributed by atoms with Crippen LogP contribution >= 0.6 is 8.03 Å². The van der Waals surface area contributed by atoms with Crippen molar-refractivity contribution in [3.63, 3.8) is 0 Å². The van der Waals surface area contributed by atoms with Gasteiger partial charge in [0, 0.05) is 13.0 Å². The van der Waals surface area contributed by atoms with Crippen LogP contribution in [0.4, 0.5) is 0 Å². The van der Waals surface area contributed by atoms with Crippen molar-refractivity contribution in [3.8, 4) is 0 Å². The van der Waals surface area contributed by atoms with Crippen LogP contribution in [0.15, 0.2) is 0 Å². The molecule has 0 fully saturated rings. The van der Waals surface area contributed by atoms with Crippen molar-refractivity contribution in [1.82, 2.24) is 0 Å². The van der Waals surface area contributed by atoms with Gasteiger partial charge in [0.25, 0.3) is 0 Å². The minimum Gasteiger partial charge on any atom is -0.596 e. The van der Waals surface area contributed by atoms with Gasteiger partial charge in [-0.15, -0.1) is 0 Å². The molecule has 8 heavy (non-hydrogen) atoms. The van der Waals surface area contributed by atoms with E-state index in [-0.39, 0.29) is 42.3 Å². The van der Waals surface area contributed by atoms with Gasteiger partial charge in [0.05, 0.1) is 0 Å². The summed E-state index contributed by atoms with van der Waals surface area (Å²) >= 11 is 0. The molecule has 42 valence electrons. The average molecular weight is 145 g/mol. The van der Waals surface area contributed by atoms with Gasteiger partial charge in [0.2, 0.25) is 0 Å². The number of rotatable bonds is 3. The monoisotopic (exact) mass is 145 g/mol. The zero-order valence-corrected chi connectivity index (χ0v) is 7.73. The van der Waals surface area contributed by atoms with E-state index in [4.69, 9.17) is 5.11 Å². The Labute approximate surface area is 71.3 Å². The summed E-state index contributed by atoms with van der Waals surface area (Å²) in [4.78, 5) is 9.68. The Bertz CT molecular complexity index is 67.5. The molecule has 0 aromatic rings. The molecule has 0 aromatic carbocycles. The maximum atomic E-state index is 9.68. The van der Waals surface area contributed by atoms with E-state index in [9.17, 15) is 9.46 Å². The first kappa shape index (κ1) is 11.8. The Morgan fingerprint density at radius 2 is 2.12 bits per heavy atom. The van der Waals surface area contributed by atoms with Crippen LogP contribution < -0.4 is 34.5 Å². The first-order chi connectivity index (χ1) is 3.27. The van der Waals surface area contributed by atoms with Crippen molar-refractivity contribution in [2.24, 2.45) is 0 Å². The number of hydrogen-bond acceptors (Lipinski definition) is 3. The predicted molar refractivity (Wildman–Crippen MR) is 24.2 cm³/mol. The summed E-state index contributed by atoms with van der Waals surface area (Å²) in [5, 5.41) is 8.05. The van der Waals surface area contributed by atoms with E-state index in [1.807, 2.05) is 0 Å². The third-order valence-electron chi connectivity index (χ3n) is 0.499. The molecule has 0 saturated heterocycles. The van der Waals surface area contributed by atoms with E-state index in [1.54, 1.807) is 0 Å². The molecule has 0 aliphatic heterocycles. The second-order valence-electron chi connectivity index (χ2n) is 1.13. The molecular weight excluding hydrogens is 138 g/mol. The van der Waals surface area contributed by atoms with Gasteiger partial charge in [-0.25, -0.2) is 0 Å². The minimum absolute atomic E-state index is 0. The predicted octanol–water partition coefficient (Wildman–Crippen LogP) is -3.52. The van der Waals surface area contributed by atoms with Crippen molar-refractivity contribution in [3.05, 3.63) is 0 Å². The fraction of sp³-hybridized carbons (Fsp3) is 1.00. The molecule has 3 nitrogen and oxygen atoms in total. The van der Waals surface area contributed by atoms with Crippen molar-refractivity contribution in [2.75, 3.05) is 12.8 Å². The maximum absolute atomic E-state index is 9.68. The van der Waals surface area contributed by atoms with E-state index in [0.717, 1.165) is 0 Å². The molecule has 0 aliphatic rings. The fourth-order valence-electron chi connectivity index (χ4n) is 0.200. The van der Waals surface area contributed by atoms with Crippen LogP contribution in [0.1, 0.15) is 6.42 Å². The second-order valence-corrected chi connectivity index (χ2v) is 2.25. The number of aliphatic hydroxyl groups excluding tert-OH is 1. The smallest absolute Gasteiger partial charge is 0.596 e. The first-order valence-corrected chi connectivity index (χ1v) is 3.36. The van der Waals surface area contributed by atoms with Gasteiger partial charge in [-0.3, -0.25) is 0 Å². The normalized spacial score (nSPS) is 10.0. The van der Waals surface area contributed by atoms with Gasteiger partial charge in [0.15, 0.2) is 0 Å². The Morgan fingerprint density at radius 3 is 2.25 bits per heavy atom. The maximum Gasteiger partial charge on any atom is 1.00 e. The molecule has 0 rings (SSSR count). The molecule has 5 heteroatoms. The molecule has 0 aromatic heterocycles. The van der Waals surface area contributed by atoms with Crippen LogP contribution in [0.25, 0.3) is 0 Å². The summed E-state index contributed by atoms with van der Waals surface area (Å²) < 4.78 is 9.68. The molecule has 0 amide bonds. The summed E-state index contributed by atoms with van der Waals surface area (Å²) in [6.45, 7) is -0.0384. The Morgan fingerprint density at radius 1 is 1.62 bits per heavy atom. The molecular formula is C3H7NaO3P+. The fourth-order valence-corrected chi connectivity index (χ4v) is 0.599. The van der Waals surface area contributed by atoms with Gasteiger partial charge in [-0.2, -0.15) is 0 Å². The van der Waals surface area contributed by atoms with Gasteiger partial charge in [-0.05, 0) is 0 Å². The van der Waals surface area contributed by atoms with E-state index < -0.39 is 8.03 Å². The van der Waals surface area contributed by atoms with E-state index >= 15 is 0 Å². The Balaban J connectivity index is 0. The Kier molecular flexibility index (Phi) is 11.8. The Hall–Kier alpha value is 1.02. The summed E-state index contributed by atoms with van der Waals surface area (Å²) in [5.41, 5.74) is 0. The first-order valence-electron chi connectivity index (χ1n) is 2.00.